The van der Waals surface area contributed by atoms with E-state index < -0.39 is 5.97 Å². The Balaban J connectivity index is 0.000000336. The molecule has 0 N–H and O–H groups in total. The summed E-state index contributed by atoms with van der Waals surface area (Å²) < 4.78 is 0. The number of carboxylic acid groups (broad SMARTS) is 1. The van der Waals surface area contributed by atoms with Crippen molar-refractivity contribution in [1.82, 2.24) is 0 Å². The molecule has 0 aliphatic carbocycles. The van der Waals surface area contributed by atoms with E-state index in [1.54, 1.807) is 97.1 Å². The fourth-order valence-corrected chi connectivity index (χ4v) is 2.98. The first-order valence-corrected chi connectivity index (χ1v) is 11.5. The van der Waals surface area contributed by atoms with Gasteiger partial charge in [-0.05, 0) is 30.2 Å². The van der Waals surface area contributed by atoms with E-state index in [0.29, 0.717) is 22.3 Å². The zero-order chi connectivity index (χ0) is 27.8. The Morgan fingerprint density at radius 3 is 0.897 bits per heavy atom. The first kappa shape index (κ1) is 32.4. The van der Waals surface area contributed by atoms with Crippen LogP contribution < -0.4 is 15.3 Å². The second-order valence-electron chi connectivity index (χ2n) is 7.70. The molecule has 39 heavy (non-hydrogen) atoms. The summed E-state index contributed by atoms with van der Waals surface area (Å²) in [7, 11) is 0. The van der Waals surface area contributed by atoms with E-state index in [1.165, 1.54) is 0 Å². The summed E-state index contributed by atoms with van der Waals surface area (Å²) in [6.45, 7) is 0.972. The first-order chi connectivity index (χ1) is 18.3. The van der Waals surface area contributed by atoms with Gasteiger partial charge in [0.15, 0.2) is 11.6 Å². The van der Waals surface area contributed by atoms with Gasteiger partial charge in [0.25, 0.3) is 0 Å². The number of carbonyl (C=O) groups is 3. The van der Waals surface area contributed by atoms with Gasteiger partial charge in [-0.15, -0.1) is 0 Å². The van der Waals surface area contributed by atoms with Gasteiger partial charge in [0.1, 0.15) is 0 Å². The topological polar surface area (TPSA) is 120 Å². The summed E-state index contributed by atoms with van der Waals surface area (Å²) in [5.41, 5.74) is 2.10. The Labute approximate surface area is 240 Å². The minimum Gasteiger partial charge on any atom is -0.872 e. The molecule has 0 radical (unpaired) electrons. The van der Waals surface area contributed by atoms with Crippen LogP contribution in [0, 0.1) is 0 Å². The van der Waals surface area contributed by atoms with Gasteiger partial charge >= 0.3 is 19.5 Å². The zero-order valence-corrected chi connectivity index (χ0v) is 22.6. The van der Waals surface area contributed by atoms with Crippen molar-refractivity contribution in [2.45, 2.75) is 6.92 Å². The van der Waals surface area contributed by atoms with Gasteiger partial charge in [0, 0.05) is 17.1 Å². The number of carbonyl (C=O) groups excluding carboxylic acids is 3. The SMILES string of the molecule is CC(=O)[O-].O=C(C=C([O-])c1ccccc1)c1ccccc1.O=C(C=C([O-])c1ccccc1)c1ccccc1.[Rh+3]. The van der Waals surface area contributed by atoms with Gasteiger partial charge in [0.05, 0.1) is 0 Å². The molecule has 0 fully saturated rings. The van der Waals surface area contributed by atoms with Crippen molar-refractivity contribution in [3.05, 3.63) is 156 Å². The van der Waals surface area contributed by atoms with Gasteiger partial charge in [-0.25, -0.2) is 0 Å². The molecule has 0 saturated heterocycles. The molecular weight excluding hydrogens is 583 g/mol. The monoisotopic (exact) mass is 608 g/mol. The van der Waals surface area contributed by atoms with Crippen LogP contribution in [-0.2, 0) is 24.3 Å². The molecule has 0 heterocycles. The van der Waals surface area contributed by atoms with E-state index >= 15 is 0 Å². The Morgan fingerprint density at radius 1 is 0.462 bits per heavy atom. The number of allylic oxidation sites excluding steroid dienone is 2. The Hall–Kier alpha value is -4.61. The summed E-state index contributed by atoms with van der Waals surface area (Å²) >= 11 is 0. The number of aliphatic carboxylic acids is 1. The molecule has 0 saturated carbocycles. The van der Waals surface area contributed by atoms with E-state index in [1.807, 2.05) is 24.3 Å². The fraction of sp³-hybridized carbons (Fsp3) is 0.0312. The molecular formula is C32H25O6Rh. The van der Waals surface area contributed by atoms with Gasteiger partial charge in [-0.3, -0.25) is 9.59 Å². The predicted molar refractivity (Wildman–Crippen MR) is 141 cm³/mol. The van der Waals surface area contributed by atoms with Crippen molar-refractivity contribution in [1.29, 1.82) is 0 Å². The van der Waals surface area contributed by atoms with Gasteiger partial charge in [0.2, 0.25) is 0 Å². The average molecular weight is 608 g/mol. The molecule has 7 heteroatoms. The summed E-state index contributed by atoms with van der Waals surface area (Å²) in [6.07, 6.45) is 2.26. The summed E-state index contributed by atoms with van der Waals surface area (Å²) in [5, 5.41) is 32.4. The third kappa shape index (κ3) is 12.5. The molecule has 4 aromatic carbocycles. The quantitative estimate of drug-likeness (QED) is 0.143. The van der Waals surface area contributed by atoms with E-state index in [4.69, 9.17) is 9.90 Å². The average Bonchev–Trinajstić information content (AvgIpc) is 2.95. The first-order valence-electron chi connectivity index (χ1n) is 11.5. The van der Waals surface area contributed by atoms with Crippen molar-refractivity contribution in [3.8, 4) is 0 Å². The molecule has 0 amide bonds. The van der Waals surface area contributed by atoms with E-state index in [9.17, 15) is 19.8 Å². The molecule has 198 valence electrons. The smallest absolute Gasteiger partial charge is 0.872 e. The molecule has 0 atom stereocenters. The second-order valence-corrected chi connectivity index (χ2v) is 7.70. The molecule has 0 aromatic heterocycles. The number of hydrogen-bond donors (Lipinski definition) is 0. The molecule has 4 aromatic rings. The third-order valence-electron chi connectivity index (χ3n) is 4.76. The Kier molecular flexibility index (Phi) is 14.8. The molecule has 4 rings (SSSR count). The van der Waals surface area contributed by atoms with E-state index in [-0.39, 0.29) is 42.6 Å². The number of rotatable bonds is 6. The fourth-order valence-electron chi connectivity index (χ4n) is 2.98. The number of carboxylic acids is 1. The summed E-state index contributed by atoms with van der Waals surface area (Å²) in [6, 6.07) is 35.0. The molecule has 0 aliphatic rings. The van der Waals surface area contributed by atoms with Crippen molar-refractivity contribution < 1.29 is 49.2 Å². The van der Waals surface area contributed by atoms with Crippen LogP contribution in [0.4, 0.5) is 0 Å². The van der Waals surface area contributed by atoms with Gasteiger partial charge < -0.3 is 20.1 Å². The number of benzene rings is 4. The van der Waals surface area contributed by atoms with Gasteiger partial charge in [-0.2, -0.15) is 0 Å². The largest absolute Gasteiger partial charge is 3.00 e. The van der Waals surface area contributed by atoms with Crippen LogP contribution in [0.25, 0.3) is 11.5 Å². The maximum absolute atomic E-state index is 11.8. The standard InChI is InChI=1S/2C15H12O2.C2H4O2.Rh/c2*16-14(12-7-3-1-4-8-12)11-15(17)13-9-5-2-6-10-13;1-2(3)4;/h2*1-11,16H;1H3,(H,3,4);/q;;;+3/p-3. The van der Waals surface area contributed by atoms with Crippen LogP contribution in [0.15, 0.2) is 133 Å². The van der Waals surface area contributed by atoms with Gasteiger partial charge in [-0.1, -0.05) is 133 Å². The molecule has 0 unspecified atom stereocenters. The molecule has 0 bridgehead atoms. The second kappa shape index (κ2) is 17.8. The molecule has 0 spiro atoms. The maximum atomic E-state index is 11.8. The zero-order valence-electron chi connectivity index (χ0n) is 21.0. The van der Waals surface area contributed by atoms with Crippen LogP contribution in [0.1, 0.15) is 38.8 Å². The van der Waals surface area contributed by atoms with Crippen LogP contribution in [0.3, 0.4) is 0 Å². The van der Waals surface area contributed by atoms with Crippen molar-refractivity contribution in [2.75, 3.05) is 0 Å². The van der Waals surface area contributed by atoms with Crippen LogP contribution in [0.2, 0.25) is 0 Å². The van der Waals surface area contributed by atoms with Crippen molar-refractivity contribution >= 4 is 29.1 Å². The van der Waals surface area contributed by atoms with Crippen LogP contribution >= 0.6 is 0 Å². The summed E-state index contributed by atoms with van der Waals surface area (Å²) in [4.78, 5) is 32.4. The minimum absolute atomic E-state index is 0. The van der Waals surface area contributed by atoms with Crippen molar-refractivity contribution in [3.63, 3.8) is 0 Å². The normalized spacial score (nSPS) is 10.4. The third-order valence-corrected chi connectivity index (χ3v) is 4.76. The minimum atomic E-state index is -1.08. The van der Waals surface area contributed by atoms with E-state index in [0.717, 1.165) is 19.1 Å². The van der Waals surface area contributed by atoms with Crippen molar-refractivity contribution in [2.24, 2.45) is 0 Å². The molecule has 0 aliphatic heterocycles. The maximum Gasteiger partial charge on any atom is 3.00 e. The van der Waals surface area contributed by atoms with Crippen LogP contribution in [0.5, 0.6) is 0 Å². The summed E-state index contributed by atoms with van der Waals surface area (Å²) in [5.74, 6) is -2.14. The Morgan fingerprint density at radius 2 is 0.667 bits per heavy atom. The number of hydrogen-bond acceptors (Lipinski definition) is 6. The van der Waals surface area contributed by atoms with Crippen LogP contribution in [-0.4, -0.2) is 17.5 Å². The Bertz CT molecular complexity index is 1260. The predicted octanol–water partition coefficient (Wildman–Crippen LogP) is 3.30. The number of ketones is 2. The van der Waals surface area contributed by atoms with E-state index in [2.05, 4.69) is 0 Å². The molecule has 6 nitrogen and oxygen atoms in total.